The number of anilines is 1. The van der Waals surface area contributed by atoms with Crippen LogP contribution in [0.4, 0.5) is 10.2 Å². The number of methoxy groups -OCH3 is 1. The number of hydrogen-bond donors (Lipinski definition) is 1. The van der Waals surface area contributed by atoms with Gasteiger partial charge >= 0.3 is 6.01 Å². The van der Waals surface area contributed by atoms with Crippen LogP contribution in [0.1, 0.15) is 19.3 Å². The van der Waals surface area contributed by atoms with Crippen LogP contribution in [0.15, 0.2) is 60.7 Å². The highest BCUT2D eigenvalue weighted by molar-refractivity contribution is 6.35. The van der Waals surface area contributed by atoms with Gasteiger partial charge in [-0.3, -0.25) is 0 Å². The molecule has 0 radical (unpaired) electrons. The maximum absolute atomic E-state index is 16.1. The molecule has 6 nitrogen and oxygen atoms in total. The maximum Gasteiger partial charge on any atom is 0.318 e. The summed E-state index contributed by atoms with van der Waals surface area (Å²) < 4.78 is 21.4. The van der Waals surface area contributed by atoms with Gasteiger partial charge in [-0.1, -0.05) is 66.2 Å². The van der Waals surface area contributed by atoms with Crippen LogP contribution in [0, 0.1) is 5.82 Å². The van der Waals surface area contributed by atoms with Crippen LogP contribution >= 0.6 is 11.6 Å². The molecule has 0 spiro atoms. The molecular weight excluding hydrogens is 501 g/mol. The van der Waals surface area contributed by atoms with Crippen molar-refractivity contribution in [2.24, 2.45) is 5.73 Å². The minimum absolute atomic E-state index is 0.0439. The van der Waals surface area contributed by atoms with Crippen LogP contribution in [-0.4, -0.2) is 61.2 Å². The normalized spacial score (nSPS) is 17.6. The van der Waals surface area contributed by atoms with Crippen LogP contribution in [0.3, 0.4) is 0 Å². The molecule has 3 heterocycles. The molecule has 198 valence electrons. The Hall–Kier alpha value is -3.26. The summed E-state index contributed by atoms with van der Waals surface area (Å²) in [5.41, 5.74) is 7.21. The Morgan fingerprint density at radius 3 is 2.53 bits per heavy atom. The van der Waals surface area contributed by atoms with Gasteiger partial charge in [-0.2, -0.15) is 9.97 Å². The van der Waals surface area contributed by atoms with Crippen molar-refractivity contribution in [2.45, 2.75) is 25.3 Å². The number of benzene rings is 3. The van der Waals surface area contributed by atoms with Gasteiger partial charge in [-0.25, -0.2) is 4.39 Å². The van der Waals surface area contributed by atoms with E-state index in [1.165, 1.54) is 33.0 Å². The third-order valence-electron chi connectivity index (χ3n) is 7.28. The number of hydrogen-bond acceptors (Lipinski definition) is 6. The monoisotopic (exact) mass is 533 g/mol. The van der Waals surface area contributed by atoms with Crippen molar-refractivity contribution in [3.05, 3.63) is 71.5 Å². The van der Waals surface area contributed by atoms with Gasteiger partial charge in [0.05, 0.1) is 12.1 Å². The number of aromatic nitrogens is 2. The predicted molar refractivity (Wildman–Crippen MR) is 155 cm³/mol. The van der Waals surface area contributed by atoms with Gasteiger partial charge in [-0.15, -0.1) is 0 Å². The van der Waals surface area contributed by atoms with Crippen molar-refractivity contribution < 1.29 is 9.13 Å². The van der Waals surface area contributed by atoms with Gasteiger partial charge in [-0.05, 0) is 61.8 Å². The summed E-state index contributed by atoms with van der Waals surface area (Å²) in [6, 6.07) is 15.5. The van der Waals surface area contributed by atoms with E-state index in [-0.39, 0.29) is 17.6 Å². The second-order valence-corrected chi connectivity index (χ2v) is 10.2. The molecule has 0 bridgehead atoms. The standard InChI is InChI=1S/C25H22ClFN4O.C5H11N/c1-32-25-29-23-19(24(30-25)31-12-5-4-9-16(31)14-28)13-20(26)21(22(23)27)18-11-6-8-15-7-2-3-10-17(15)18;1-6-4-2-3-5-6/h2-8,10-11,13,16H,9,12,14,28H2,1H3;2-5H2,1H3. The van der Waals surface area contributed by atoms with Gasteiger partial charge in [0.15, 0.2) is 5.82 Å². The largest absolute Gasteiger partial charge is 0.467 e. The Bertz CT molecular complexity index is 1470. The van der Waals surface area contributed by atoms with Crippen molar-refractivity contribution in [2.75, 3.05) is 45.2 Å². The first kappa shape index (κ1) is 26.4. The van der Waals surface area contributed by atoms with Crippen molar-refractivity contribution in [3.63, 3.8) is 0 Å². The number of nitrogens with zero attached hydrogens (tertiary/aromatic N) is 4. The lowest BCUT2D eigenvalue weighted by Gasteiger charge is -2.34. The quantitative estimate of drug-likeness (QED) is 0.322. The summed E-state index contributed by atoms with van der Waals surface area (Å²) >= 11 is 6.71. The second kappa shape index (κ2) is 11.6. The molecule has 8 heteroatoms. The van der Waals surface area contributed by atoms with Gasteiger partial charge in [0.2, 0.25) is 0 Å². The van der Waals surface area contributed by atoms with E-state index in [2.05, 4.69) is 39.0 Å². The van der Waals surface area contributed by atoms with Gasteiger partial charge in [0.25, 0.3) is 0 Å². The van der Waals surface area contributed by atoms with Crippen molar-refractivity contribution in [1.82, 2.24) is 14.9 Å². The van der Waals surface area contributed by atoms with Crippen molar-refractivity contribution in [1.29, 1.82) is 0 Å². The third kappa shape index (κ3) is 5.19. The van der Waals surface area contributed by atoms with E-state index in [0.717, 1.165) is 17.2 Å². The summed E-state index contributed by atoms with van der Waals surface area (Å²) in [4.78, 5) is 13.3. The molecule has 0 amide bonds. The molecule has 0 aliphatic carbocycles. The first-order valence-electron chi connectivity index (χ1n) is 13.0. The molecule has 4 aromatic rings. The van der Waals surface area contributed by atoms with E-state index in [1.54, 1.807) is 6.07 Å². The van der Waals surface area contributed by atoms with E-state index in [4.69, 9.17) is 22.1 Å². The van der Waals surface area contributed by atoms with Crippen molar-refractivity contribution >= 4 is 39.1 Å². The zero-order valence-corrected chi connectivity index (χ0v) is 22.6. The smallest absolute Gasteiger partial charge is 0.318 e. The van der Waals surface area contributed by atoms with Crippen LogP contribution in [0.2, 0.25) is 5.02 Å². The lowest BCUT2D eigenvalue weighted by molar-refractivity contribution is 0.381. The third-order valence-corrected chi connectivity index (χ3v) is 7.57. The summed E-state index contributed by atoms with van der Waals surface area (Å²) in [5.74, 6) is 0.0690. The summed E-state index contributed by atoms with van der Waals surface area (Å²) in [7, 11) is 3.65. The first-order chi connectivity index (χ1) is 18.5. The van der Waals surface area contributed by atoms with Crippen molar-refractivity contribution in [3.8, 4) is 17.1 Å². The van der Waals surface area contributed by atoms with Crippen LogP contribution < -0.4 is 15.4 Å². The van der Waals surface area contributed by atoms with Crippen LogP contribution in [-0.2, 0) is 0 Å². The maximum atomic E-state index is 16.1. The zero-order chi connectivity index (χ0) is 26.6. The van der Waals surface area contributed by atoms with Gasteiger partial charge in [0, 0.05) is 30.1 Å². The topological polar surface area (TPSA) is 67.5 Å². The minimum atomic E-state index is -0.498. The number of fused-ring (bicyclic) bond motifs is 2. The van der Waals surface area contributed by atoms with Gasteiger partial charge in [0.1, 0.15) is 11.3 Å². The van der Waals surface area contributed by atoms with Gasteiger partial charge < -0.3 is 20.3 Å². The van der Waals surface area contributed by atoms with Crippen LogP contribution in [0.25, 0.3) is 32.8 Å². The number of likely N-dealkylation sites (tertiary alicyclic amines) is 1. The molecule has 1 atom stereocenters. The van der Waals surface area contributed by atoms with E-state index >= 15 is 4.39 Å². The summed E-state index contributed by atoms with van der Waals surface area (Å²) in [5, 5.41) is 2.76. The average Bonchev–Trinajstić information content (AvgIpc) is 3.44. The highest BCUT2D eigenvalue weighted by atomic mass is 35.5. The Kier molecular flexibility index (Phi) is 8.07. The predicted octanol–water partition coefficient (Wildman–Crippen LogP) is 6.06. The molecule has 6 rings (SSSR count). The van der Waals surface area contributed by atoms with E-state index in [9.17, 15) is 0 Å². The Labute approximate surface area is 227 Å². The number of rotatable bonds is 4. The molecule has 0 saturated carbocycles. The highest BCUT2D eigenvalue weighted by Crippen LogP contribution is 2.41. The van der Waals surface area contributed by atoms with E-state index in [0.29, 0.717) is 40.4 Å². The molecule has 2 aliphatic heterocycles. The van der Waals surface area contributed by atoms with E-state index in [1.807, 2.05) is 42.5 Å². The Morgan fingerprint density at radius 1 is 1.05 bits per heavy atom. The minimum Gasteiger partial charge on any atom is -0.467 e. The number of nitrogens with two attached hydrogens (primary N) is 1. The molecule has 1 fully saturated rings. The molecule has 3 aromatic carbocycles. The van der Waals surface area contributed by atoms with E-state index < -0.39 is 5.82 Å². The van der Waals surface area contributed by atoms with Crippen LogP contribution in [0.5, 0.6) is 6.01 Å². The Balaban J connectivity index is 0.000000433. The molecule has 2 N–H and O–H groups in total. The SMILES string of the molecule is CN1CCCC1.COc1nc(N2CC=CCC2CN)c2cc(Cl)c(-c3cccc4ccccc34)c(F)c2n1. The molecule has 1 unspecified atom stereocenters. The Morgan fingerprint density at radius 2 is 1.82 bits per heavy atom. The molecule has 1 aromatic heterocycles. The molecule has 2 aliphatic rings. The summed E-state index contributed by atoms with van der Waals surface area (Å²) in [6.07, 6.45) is 7.76. The lowest BCUT2D eigenvalue weighted by Crippen LogP contribution is -2.43. The molecule has 38 heavy (non-hydrogen) atoms. The zero-order valence-electron chi connectivity index (χ0n) is 21.8. The number of ether oxygens (including phenoxy) is 1. The summed E-state index contributed by atoms with van der Waals surface area (Å²) in [6.45, 7) is 3.70. The average molecular weight is 534 g/mol. The fraction of sp³-hybridized carbons (Fsp3) is 0.333. The highest BCUT2D eigenvalue weighted by Gasteiger charge is 2.26. The molecular formula is C30H33ClFN5O. The first-order valence-corrected chi connectivity index (χ1v) is 13.4. The fourth-order valence-electron chi connectivity index (χ4n) is 5.24. The second-order valence-electron chi connectivity index (χ2n) is 9.76. The molecule has 1 saturated heterocycles. The number of halogens is 2. The fourth-order valence-corrected chi connectivity index (χ4v) is 5.53. The lowest BCUT2D eigenvalue weighted by atomic mass is 9.96.